The van der Waals surface area contributed by atoms with Gasteiger partial charge in [-0.05, 0) is 32.3 Å². The van der Waals surface area contributed by atoms with Gasteiger partial charge >= 0.3 is 5.97 Å². The van der Waals surface area contributed by atoms with Gasteiger partial charge in [-0.1, -0.05) is 13.3 Å². The Labute approximate surface area is 96.3 Å². The molecule has 0 fully saturated rings. The maximum Gasteiger partial charge on any atom is 0.309 e. The van der Waals surface area contributed by atoms with Crippen molar-refractivity contribution in [3.05, 3.63) is 18.0 Å². The molecule has 0 radical (unpaired) electrons. The number of hydrogen-bond donors (Lipinski definition) is 1. The maximum absolute atomic E-state index is 11.2. The summed E-state index contributed by atoms with van der Waals surface area (Å²) in [5, 5.41) is 13.3. The second-order valence-corrected chi connectivity index (χ2v) is 4.56. The summed E-state index contributed by atoms with van der Waals surface area (Å²) in [5.74, 6) is -0.698. The molecule has 0 spiro atoms. The molecule has 0 aliphatic carbocycles. The van der Waals surface area contributed by atoms with Crippen LogP contribution in [0, 0.1) is 5.41 Å². The van der Waals surface area contributed by atoms with Gasteiger partial charge in [0.05, 0.1) is 5.41 Å². The number of carboxylic acids is 1. The topological polar surface area (TPSA) is 55.1 Å². The smallest absolute Gasteiger partial charge is 0.309 e. The molecule has 1 unspecified atom stereocenters. The van der Waals surface area contributed by atoms with Gasteiger partial charge in [-0.15, -0.1) is 0 Å². The van der Waals surface area contributed by atoms with Crippen LogP contribution >= 0.6 is 0 Å². The quantitative estimate of drug-likeness (QED) is 0.806. The highest BCUT2D eigenvalue weighted by molar-refractivity contribution is 5.74. The first kappa shape index (κ1) is 12.7. The van der Waals surface area contributed by atoms with E-state index < -0.39 is 11.4 Å². The molecular formula is C12H20N2O2. The molecule has 0 aliphatic heterocycles. The second-order valence-electron chi connectivity index (χ2n) is 4.56. The van der Waals surface area contributed by atoms with Crippen molar-refractivity contribution in [1.82, 2.24) is 9.78 Å². The van der Waals surface area contributed by atoms with E-state index in [9.17, 15) is 9.90 Å². The molecule has 0 aromatic carbocycles. The van der Waals surface area contributed by atoms with Crippen LogP contribution in [-0.4, -0.2) is 20.9 Å². The van der Waals surface area contributed by atoms with E-state index in [0.29, 0.717) is 6.42 Å². The number of carboxylic acid groups (broad SMARTS) is 1. The number of rotatable bonds is 6. The molecule has 0 saturated carbocycles. The van der Waals surface area contributed by atoms with E-state index in [1.165, 1.54) is 0 Å². The minimum absolute atomic E-state index is 0.612. The Hall–Kier alpha value is -1.32. The van der Waals surface area contributed by atoms with E-state index in [0.717, 1.165) is 25.0 Å². The number of hydrogen-bond acceptors (Lipinski definition) is 2. The molecule has 1 atom stereocenters. The second kappa shape index (κ2) is 5.14. The monoisotopic (exact) mass is 224 g/mol. The minimum atomic E-state index is -0.698. The molecular weight excluding hydrogens is 204 g/mol. The SMILES string of the molecule is CCCC(C)(CCc1ccnn1C)C(=O)O. The van der Waals surface area contributed by atoms with E-state index in [-0.39, 0.29) is 0 Å². The van der Waals surface area contributed by atoms with Gasteiger partial charge in [0, 0.05) is 18.9 Å². The van der Waals surface area contributed by atoms with Crippen LogP contribution < -0.4 is 0 Å². The standard InChI is InChI=1S/C12H20N2O2/c1-4-7-12(2,11(15)16)8-5-10-6-9-13-14(10)3/h6,9H,4-5,7-8H2,1-3H3,(H,15,16). The Morgan fingerprint density at radius 1 is 1.56 bits per heavy atom. The predicted molar refractivity (Wildman–Crippen MR) is 62.2 cm³/mol. The van der Waals surface area contributed by atoms with Crippen molar-refractivity contribution in [2.75, 3.05) is 0 Å². The van der Waals surface area contributed by atoms with Crippen molar-refractivity contribution in [3.8, 4) is 0 Å². The van der Waals surface area contributed by atoms with Gasteiger partial charge in [-0.2, -0.15) is 5.10 Å². The Bertz CT molecular complexity index is 360. The van der Waals surface area contributed by atoms with Crippen molar-refractivity contribution in [3.63, 3.8) is 0 Å². The van der Waals surface area contributed by atoms with E-state index in [1.807, 2.05) is 27.0 Å². The number of aryl methyl sites for hydroxylation is 2. The van der Waals surface area contributed by atoms with E-state index in [2.05, 4.69) is 5.10 Å². The molecule has 16 heavy (non-hydrogen) atoms. The van der Waals surface area contributed by atoms with Crippen LogP contribution in [0.3, 0.4) is 0 Å². The average molecular weight is 224 g/mol. The Balaban J connectivity index is 2.64. The van der Waals surface area contributed by atoms with Crippen molar-refractivity contribution in [1.29, 1.82) is 0 Å². The number of nitrogens with zero attached hydrogens (tertiary/aromatic N) is 2. The first-order chi connectivity index (χ1) is 7.49. The van der Waals surface area contributed by atoms with Crippen LogP contribution in [0.25, 0.3) is 0 Å². The predicted octanol–water partition coefficient (Wildman–Crippen LogP) is 2.24. The van der Waals surface area contributed by atoms with Crippen LogP contribution in [0.5, 0.6) is 0 Å². The fourth-order valence-corrected chi connectivity index (χ4v) is 1.94. The molecule has 1 aromatic rings. The molecule has 1 rings (SSSR count). The maximum atomic E-state index is 11.2. The van der Waals surface area contributed by atoms with E-state index in [4.69, 9.17) is 0 Å². The van der Waals surface area contributed by atoms with Gasteiger partial charge in [0.2, 0.25) is 0 Å². The lowest BCUT2D eigenvalue weighted by Gasteiger charge is -2.24. The fraction of sp³-hybridized carbons (Fsp3) is 0.667. The third-order valence-corrected chi connectivity index (χ3v) is 3.17. The Kier molecular flexibility index (Phi) is 4.10. The van der Waals surface area contributed by atoms with Crippen LogP contribution in [0.1, 0.15) is 38.8 Å². The van der Waals surface area contributed by atoms with Gasteiger partial charge in [0.15, 0.2) is 0 Å². The van der Waals surface area contributed by atoms with Gasteiger partial charge in [-0.25, -0.2) is 0 Å². The van der Waals surface area contributed by atoms with Crippen molar-refractivity contribution < 1.29 is 9.90 Å². The molecule has 0 aliphatic rings. The van der Waals surface area contributed by atoms with Crippen LogP contribution in [-0.2, 0) is 18.3 Å². The lowest BCUT2D eigenvalue weighted by molar-refractivity contribution is -0.148. The molecule has 4 heteroatoms. The molecule has 0 saturated heterocycles. The lowest BCUT2D eigenvalue weighted by Crippen LogP contribution is -2.28. The van der Waals surface area contributed by atoms with Gasteiger partial charge in [-0.3, -0.25) is 9.48 Å². The number of carbonyl (C=O) groups is 1. The normalized spacial score (nSPS) is 14.7. The summed E-state index contributed by atoms with van der Waals surface area (Å²) >= 11 is 0. The summed E-state index contributed by atoms with van der Waals surface area (Å²) in [6.07, 6.45) is 4.79. The summed E-state index contributed by atoms with van der Waals surface area (Å²) in [7, 11) is 1.88. The molecule has 1 N–H and O–H groups in total. The summed E-state index contributed by atoms with van der Waals surface area (Å²) in [6.45, 7) is 3.85. The molecule has 4 nitrogen and oxygen atoms in total. The zero-order valence-corrected chi connectivity index (χ0v) is 10.2. The number of aromatic nitrogens is 2. The molecule has 90 valence electrons. The van der Waals surface area contributed by atoms with Crippen LogP contribution in [0.4, 0.5) is 0 Å². The summed E-state index contributed by atoms with van der Waals surface area (Å²) in [6, 6.07) is 1.94. The molecule has 0 amide bonds. The van der Waals surface area contributed by atoms with Gasteiger partial charge in [0.1, 0.15) is 0 Å². The van der Waals surface area contributed by atoms with Gasteiger partial charge < -0.3 is 5.11 Å². The number of aliphatic carboxylic acids is 1. The third kappa shape index (κ3) is 2.84. The third-order valence-electron chi connectivity index (χ3n) is 3.17. The first-order valence-corrected chi connectivity index (χ1v) is 5.70. The summed E-state index contributed by atoms with van der Waals surface area (Å²) in [4.78, 5) is 11.2. The summed E-state index contributed by atoms with van der Waals surface area (Å²) in [5.41, 5.74) is 0.475. The zero-order valence-electron chi connectivity index (χ0n) is 10.2. The van der Waals surface area contributed by atoms with Crippen molar-refractivity contribution in [2.45, 2.75) is 39.5 Å². The average Bonchev–Trinajstić information content (AvgIpc) is 2.61. The van der Waals surface area contributed by atoms with E-state index >= 15 is 0 Å². The molecule has 0 bridgehead atoms. The van der Waals surface area contributed by atoms with Crippen molar-refractivity contribution >= 4 is 5.97 Å². The highest BCUT2D eigenvalue weighted by Crippen LogP contribution is 2.29. The van der Waals surface area contributed by atoms with Crippen LogP contribution in [0.15, 0.2) is 12.3 Å². The highest BCUT2D eigenvalue weighted by Gasteiger charge is 2.31. The molecule has 1 heterocycles. The van der Waals surface area contributed by atoms with Gasteiger partial charge in [0.25, 0.3) is 0 Å². The fourth-order valence-electron chi connectivity index (χ4n) is 1.94. The zero-order chi connectivity index (χ0) is 12.2. The lowest BCUT2D eigenvalue weighted by atomic mass is 9.81. The first-order valence-electron chi connectivity index (χ1n) is 5.70. The van der Waals surface area contributed by atoms with Crippen molar-refractivity contribution in [2.24, 2.45) is 12.5 Å². The highest BCUT2D eigenvalue weighted by atomic mass is 16.4. The summed E-state index contributed by atoms with van der Waals surface area (Å²) < 4.78 is 1.80. The molecule has 1 aromatic heterocycles. The minimum Gasteiger partial charge on any atom is -0.481 e. The Morgan fingerprint density at radius 2 is 2.25 bits per heavy atom. The largest absolute Gasteiger partial charge is 0.481 e. The van der Waals surface area contributed by atoms with Crippen LogP contribution in [0.2, 0.25) is 0 Å². The van der Waals surface area contributed by atoms with E-state index in [1.54, 1.807) is 10.9 Å². The Morgan fingerprint density at radius 3 is 2.69 bits per heavy atom.